The largest absolute Gasteiger partial charge is 0.466 e. The Balaban J connectivity index is 1.85. The molecule has 0 amide bonds. The molecular formula is C15H19NO5. The predicted molar refractivity (Wildman–Crippen MR) is 74.7 cm³/mol. The van der Waals surface area contributed by atoms with Crippen LogP contribution in [0.25, 0.3) is 0 Å². The Labute approximate surface area is 122 Å². The van der Waals surface area contributed by atoms with E-state index in [9.17, 15) is 9.90 Å². The summed E-state index contributed by atoms with van der Waals surface area (Å²) in [5.74, 6) is 0.771. The van der Waals surface area contributed by atoms with Gasteiger partial charge in [-0.05, 0) is 38.1 Å². The summed E-state index contributed by atoms with van der Waals surface area (Å²) in [6.45, 7) is 4.37. The lowest BCUT2D eigenvalue weighted by Gasteiger charge is -2.20. The molecule has 0 bridgehead atoms. The molecule has 2 heterocycles. The average molecular weight is 293 g/mol. The van der Waals surface area contributed by atoms with Gasteiger partial charge in [-0.2, -0.15) is 0 Å². The van der Waals surface area contributed by atoms with Crippen molar-refractivity contribution in [2.75, 3.05) is 13.2 Å². The molecule has 0 aromatic carbocycles. The second-order valence-corrected chi connectivity index (χ2v) is 4.84. The van der Waals surface area contributed by atoms with Crippen LogP contribution in [0.1, 0.15) is 35.9 Å². The standard InChI is InChI=1S/C15H19NO5/c1-3-19-14(17)12-7-6-11(21-12)9-16-10-15(2,18)13-5-4-8-20-13/h4-8,16,18H,3,9-10H2,1-2H3. The summed E-state index contributed by atoms with van der Waals surface area (Å²) in [6.07, 6.45) is 1.52. The minimum Gasteiger partial charge on any atom is -0.466 e. The number of carbonyl (C=O) groups is 1. The van der Waals surface area contributed by atoms with Crippen molar-refractivity contribution < 1.29 is 23.5 Å². The Bertz CT molecular complexity index is 571. The van der Waals surface area contributed by atoms with Gasteiger partial charge in [-0.15, -0.1) is 0 Å². The fourth-order valence-corrected chi connectivity index (χ4v) is 1.89. The maximum atomic E-state index is 11.5. The molecular weight excluding hydrogens is 274 g/mol. The van der Waals surface area contributed by atoms with E-state index in [0.29, 0.717) is 24.7 Å². The second kappa shape index (κ2) is 6.60. The number of carbonyl (C=O) groups excluding carboxylic acids is 1. The Morgan fingerprint density at radius 3 is 2.90 bits per heavy atom. The summed E-state index contributed by atoms with van der Waals surface area (Å²) in [5.41, 5.74) is -1.11. The molecule has 0 radical (unpaired) electrons. The van der Waals surface area contributed by atoms with Crippen molar-refractivity contribution in [3.05, 3.63) is 47.8 Å². The molecule has 2 rings (SSSR count). The molecule has 2 aromatic heterocycles. The van der Waals surface area contributed by atoms with E-state index in [1.54, 1.807) is 38.1 Å². The summed E-state index contributed by atoms with van der Waals surface area (Å²) >= 11 is 0. The van der Waals surface area contributed by atoms with Gasteiger partial charge in [0.1, 0.15) is 17.1 Å². The van der Waals surface area contributed by atoms with Crippen LogP contribution >= 0.6 is 0 Å². The van der Waals surface area contributed by atoms with E-state index in [4.69, 9.17) is 13.6 Å². The van der Waals surface area contributed by atoms with E-state index in [0.717, 1.165) is 0 Å². The molecule has 21 heavy (non-hydrogen) atoms. The van der Waals surface area contributed by atoms with Crippen LogP contribution in [0.5, 0.6) is 0 Å². The van der Waals surface area contributed by atoms with Gasteiger partial charge in [0.2, 0.25) is 5.76 Å². The second-order valence-electron chi connectivity index (χ2n) is 4.84. The molecule has 6 nitrogen and oxygen atoms in total. The average Bonchev–Trinajstić information content (AvgIpc) is 3.10. The van der Waals surface area contributed by atoms with Gasteiger partial charge in [0, 0.05) is 6.54 Å². The third-order valence-corrected chi connectivity index (χ3v) is 2.96. The highest BCUT2D eigenvalue weighted by atomic mass is 16.5. The van der Waals surface area contributed by atoms with E-state index in [1.807, 2.05) is 0 Å². The van der Waals surface area contributed by atoms with E-state index in [1.165, 1.54) is 6.26 Å². The molecule has 0 aliphatic heterocycles. The molecule has 0 aliphatic carbocycles. The van der Waals surface area contributed by atoms with Gasteiger partial charge in [0.25, 0.3) is 0 Å². The van der Waals surface area contributed by atoms with Crippen LogP contribution in [-0.4, -0.2) is 24.2 Å². The molecule has 1 atom stereocenters. The first-order chi connectivity index (χ1) is 10.0. The number of ether oxygens (including phenoxy) is 1. The predicted octanol–water partition coefficient (Wildman–Crippen LogP) is 2.05. The lowest BCUT2D eigenvalue weighted by molar-refractivity contribution is 0.0334. The number of furan rings is 2. The Hall–Kier alpha value is -2.05. The fourth-order valence-electron chi connectivity index (χ4n) is 1.89. The molecule has 0 saturated carbocycles. The first-order valence-corrected chi connectivity index (χ1v) is 6.76. The summed E-state index contributed by atoms with van der Waals surface area (Å²) in [5, 5.41) is 13.3. The highest BCUT2D eigenvalue weighted by Gasteiger charge is 2.25. The van der Waals surface area contributed by atoms with Crippen molar-refractivity contribution in [3.8, 4) is 0 Å². The number of nitrogens with one attached hydrogen (secondary N) is 1. The maximum absolute atomic E-state index is 11.5. The zero-order valence-corrected chi connectivity index (χ0v) is 12.1. The van der Waals surface area contributed by atoms with E-state index < -0.39 is 11.6 Å². The number of hydrogen-bond acceptors (Lipinski definition) is 6. The lowest BCUT2D eigenvalue weighted by Crippen LogP contribution is -2.34. The number of rotatable bonds is 7. The van der Waals surface area contributed by atoms with Crippen LogP contribution in [0.2, 0.25) is 0 Å². The molecule has 2 aromatic rings. The Morgan fingerprint density at radius 2 is 2.24 bits per heavy atom. The first kappa shape index (κ1) is 15.3. The van der Waals surface area contributed by atoms with Crippen molar-refractivity contribution in [2.45, 2.75) is 26.0 Å². The third-order valence-electron chi connectivity index (χ3n) is 2.96. The minimum absolute atomic E-state index is 0.173. The van der Waals surface area contributed by atoms with Gasteiger partial charge in [-0.25, -0.2) is 4.79 Å². The van der Waals surface area contributed by atoms with Crippen molar-refractivity contribution >= 4 is 5.97 Å². The molecule has 114 valence electrons. The van der Waals surface area contributed by atoms with Crippen LogP contribution in [0.3, 0.4) is 0 Å². The highest BCUT2D eigenvalue weighted by Crippen LogP contribution is 2.20. The maximum Gasteiger partial charge on any atom is 0.374 e. The molecule has 0 spiro atoms. The van der Waals surface area contributed by atoms with E-state index in [-0.39, 0.29) is 12.3 Å². The summed E-state index contributed by atoms with van der Waals surface area (Å²) in [4.78, 5) is 11.5. The van der Waals surface area contributed by atoms with Crippen LogP contribution in [-0.2, 0) is 16.9 Å². The van der Waals surface area contributed by atoms with Gasteiger partial charge in [0.05, 0.1) is 19.4 Å². The van der Waals surface area contributed by atoms with Gasteiger partial charge in [-0.3, -0.25) is 0 Å². The van der Waals surface area contributed by atoms with Crippen LogP contribution in [0.4, 0.5) is 0 Å². The fraction of sp³-hybridized carbons (Fsp3) is 0.400. The van der Waals surface area contributed by atoms with Gasteiger partial charge in [-0.1, -0.05) is 0 Å². The highest BCUT2D eigenvalue weighted by molar-refractivity contribution is 5.86. The summed E-state index contributed by atoms with van der Waals surface area (Å²) in [6, 6.07) is 6.70. The zero-order valence-electron chi connectivity index (χ0n) is 12.1. The topological polar surface area (TPSA) is 84.8 Å². The van der Waals surface area contributed by atoms with Crippen molar-refractivity contribution in [1.82, 2.24) is 5.32 Å². The monoisotopic (exact) mass is 293 g/mol. The molecule has 0 fully saturated rings. The molecule has 1 unspecified atom stereocenters. The van der Waals surface area contributed by atoms with Crippen molar-refractivity contribution in [2.24, 2.45) is 0 Å². The van der Waals surface area contributed by atoms with Gasteiger partial charge >= 0.3 is 5.97 Å². The number of aliphatic hydroxyl groups is 1. The van der Waals surface area contributed by atoms with Gasteiger partial charge < -0.3 is 24.0 Å². The lowest BCUT2D eigenvalue weighted by atomic mass is 10.0. The Kier molecular flexibility index (Phi) is 4.82. The normalized spacial score (nSPS) is 13.9. The first-order valence-electron chi connectivity index (χ1n) is 6.76. The van der Waals surface area contributed by atoms with Crippen molar-refractivity contribution in [1.29, 1.82) is 0 Å². The minimum atomic E-state index is -1.11. The van der Waals surface area contributed by atoms with Crippen LogP contribution in [0, 0.1) is 0 Å². The molecule has 6 heteroatoms. The zero-order chi connectivity index (χ0) is 15.3. The number of hydrogen-bond donors (Lipinski definition) is 2. The third kappa shape index (κ3) is 3.96. The summed E-state index contributed by atoms with van der Waals surface area (Å²) in [7, 11) is 0. The van der Waals surface area contributed by atoms with Crippen LogP contribution in [0.15, 0.2) is 39.4 Å². The van der Waals surface area contributed by atoms with E-state index in [2.05, 4.69) is 5.32 Å². The molecule has 0 saturated heterocycles. The van der Waals surface area contributed by atoms with E-state index >= 15 is 0 Å². The summed E-state index contributed by atoms with van der Waals surface area (Å²) < 4.78 is 15.4. The van der Waals surface area contributed by atoms with Gasteiger partial charge in [0.15, 0.2) is 0 Å². The SMILES string of the molecule is CCOC(=O)c1ccc(CNCC(C)(O)c2ccco2)o1. The quantitative estimate of drug-likeness (QED) is 0.760. The van der Waals surface area contributed by atoms with Crippen LogP contribution < -0.4 is 5.32 Å². The van der Waals surface area contributed by atoms with Crippen molar-refractivity contribution in [3.63, 3.8) is 0 Å². The number of esters is 1. The molecule has 0 aliphatic rings. The smallest absolute Gasteiger partial charge is 0.374 e. The molecule has 2 N–H and O–H groups in total. The Morgan fingerprint density at radius 1 is 1.43 bits per heavy atom.